The minimum atomic E-state index is -0.595. The molecular formula is C11H9ClN2O. The Morgan fingerprint density at radius 2 is 2.13 bits per heavy atom. The minimum Gasteiger partial charge on any atom is -0.388 e. The lowest BCUT2D eigenvalue weighted by Crippen LogP contribution is -2.07. The van der Waals surface area contributed by atoms with Crippen molar-refractivity contribution in [3.05, 3.63) is 46.1 Å². The van der Waals surface area contributed by atoms with Gasteiger partial charge in [-0.05, 0) is 6.92 Å². The number of halogens is 1. The maximum absolute atomic E-state index is 11.9. The number of nitrogens with zero attached hydrogens (tertiary/aromatic N) is 1. The summed E-state index contributed by atoms with van der Waals surface area (Å²) in [5.41, 5.74) is 0.900. The Balaban J connectivity index is 3.17. The van der Waals surface area contributed by atoms with Crippen molar-refractivity contribution in [1.29, 1.82) is 5.26 Å². The molecule has 1 aromatic rings. The number of nitrogens with two attached hydrogens (primary N) is 1. The van der Waals surface area contributed by atoms with E-state index in [1.807, 2.05) is 6.92 Å². The van der Waals surface area contributed by atoms with E-state index in [9.17, 15) is 4.79 Å². The number of carbonyl (C=O) groups is 1. The summed E-state index contributed by atoms with van der Waals surface area (Å²) in [4.78, 5) is 11.9. The topological polar surface area (TPSA) is 66.9 Å². The Morgan fingerprint density at radius 3 is 2.60 bits per heavy atom. The molecule has 0 atom stereocenters. The van der Waals surface area contributed by atoms with Crippen LogP contribution in [0.15, 0.2) is 35.0 Å². The summed E-state index contributed by atoms with van der Waals surface area (Å²) >= 11 is 5.55. The first-order valence-corrected chi connectivity index (χ1v) is 4.54. The number of Topliss-reactive ketones (excluding diaryl/α,β-unsaturated/α-hetero) is 1. The van der Waals surface area contributed by atoms with Crippen molar-refractivity contribution in [2.75, 3.05) is 0 Å². The number of carbonyl (C=O) groups excluding carboxylic acids is 1. The molecule has 2 N–H and O–H groups in total. The van der Waals surface area contributed by atoms with Crippen molar-refractivity contribution >= 4 is 17.4 Å². The Hall–Kier alpha value is -1.79. The van der Waals surface area contributed by atoms with E-state index >= 15 is 0 Å². The zero-order valence-corrected chi connectivity index (χ0v) is 8.75. The monoisotopic (exact) mass is 222 g/mol. The van der Waals surface area contributed by atoms with Crippen LogP contribution in [0.4, 0.5) is 0 Å². The molecule has 0 unspecified atom stereocenters. The highest BCUT2D eigenvalue weighted by atomic mass is 35.5. The van der Waals surface area contributed by atoms with Gasteiger partial charge in [0.25, 0.3) is 0 Å². The zero-order valence-electron chi connectivity index (χ0n) is 9.99. The Morgan fingerprint density at radius 1 is 1.53 bits per heavy atom. The molecule has 3 nitrogen and oxygen atoms in total. The highest BCUT2D eigenvalue weighted by Crippen LogP contribution is 2.12. The molecule has 15 heavy (non-hydrogen) atoms. The van der Waals surface area contributed by atoms with Gasteiger partial charge in [0.2, 0.25) is 5.78 Å². The SMILES string of the molecule is [2H]N([2H])/C(Cl)=C(\C#N)C(=O)c1ccc(C)cc1. The number of benzene rings is 1. The molecule has 0 radical (unpaired) electrons. The maximum Gasteiger partial charge on any atom is 0.206 e. The van der Waals surface area contributed by atoms with Crippen LogP contribution < -0.4 is 5.72 Å². The summed E-state index contributed by atoms with van der Waals surface area (Å²) in [6, 6.07) is 8.21. The lowest BCUT2D eigenvalue weighted by atomic mass is 10.0. The molecule has 0 saturated carbocycles. The van der Waals surface area contributed by atoms with Gasteiger partial charge in [-0.25, -0.2) is 0 Å². The van der Waals surface area contributed by atoms with Crippen molar-refractivity contribution in [1.82, 2.24) is 0 Å². The molecule has 0 aliphatic heterocycles. The van der Waals surface area contributed by atoms with Crippen LogP contribution >= 0.6 is 11.6 Å². The number of hydrogen-bond donors (Lipinski definition) is 1. The van der Waals surface area contributed by atoms with E-state index in [-0.39, 0.29) is 5.72 Å². The molecule has 4 heteroatoms. The van der Waals surface area contributed by atoms with Gasteiger partial charge in [0, 0.05) is 5.56 Å². The fourth-order valence-electron chi connectivity index (χ4n) is 1.04. The predicted octanol–water partition coefficient (Wildman–Crippen LogP) is 2.11. The third-order valence-corrected chi connectivity index (χ3v) is 2.05. The Labute approximate surface area is 95.7 Å². The number of aryl methyl sites for hydroxylation is 1. The normalized spacial score (nSPS) is 13.1. The Kier molecular flexibility index (Phi) is 2.63. The van der Waals surface area contributed by atoms with Crippen LogP contribution in [0.25, 0.3) is 0 Å². The maximum atomic E-state index is 11.9. The largest absolute Gasteiger partial charge is 0.388 e. The third-order valence-electron chi connectivity index (χ3n) is 1.86. The van der Waals surface area contributed by atoms with E-state index in [4.69, 9.17) is 19.7 Å². The van der Waals surface area contributed by atoms with Gasteiger partial charge >= 0.3 is 0 Å². The van der Waals surface area contributed by atoms with Crippen molar-refractivity contribution in [3.8, 4) is 6.07 Å². The highest BCUT2D eigenvalue weighted by molar-refractivity contribution is 6.33. The van der Waals surface area contributed by atoms with Crippen LogP contribution in [0.3, 0.4) is 0 Å². The van der Waals surface area contributed by atoms with Crippen LogP contribution in [0.5, 0.6) is 0 Å². The molecule has 0 amide bonds. The number of hydrogen-bond acceptors (Lipinski definition) is 3. The van der Waals surface area contributed by atoms with Gasteiger partial charge in [-0.3, -0.25) is 4.79 Å². The van der Waals surface area contributed by atoms with E-state index < -0.39 is 16.5 Å². The van der Waals surface area contributed by atoms with Gasteiger partial charge < -0.3 is 5.72 Å². The van der Waals surface area contributed by atoms with E-state index in [0.717, 1.165) is 5.56 Å². The van der Waals surface area contributed by atoms with Crippen molar-refractivity contribution < 1.29 is 7.62 Å². The zero-order chi connectivity index (χ0) is 13.0. The quantitative estimate of drug-likeness (QED) is 0.369. The van der Waals surface area contributed by atoms with Gasteiger partial charge in [0.05, 0.1) is 0 Å². The smallest absolute Gasteiger partial charge is 0.206 e. The second-order valence-corrected chi connectivity index (χ2v) is 3.33. The molecule has 0 spiro atoms. The average Bonchev–Trinajstić information content (AvgIpc) is 2.30. The second-order valence-electron chi connectivity index (χ2n) is 2.97. The fourth-order valence-corrected chi connectivity index (χ4v) is 1.17. The third kappa shape index (κ3) is 2.58. The molecule has 1 aromatic carbocycles. The summed E-state index contributed by atoms with van der Waals surface area (Å²) in [5.74, 6) is -0.595. The predicted molar refractivity (Wildman–Crippen MR) is 58.2 cm³/mol. The molecule has 0 aliphatic rings. The number of ketones is 1. The molecule has 0 aliphatic carbocycles. The average molecular weight is 223 g/mol. The molecule has 0 aromatic heterocycles. The van der Waals surface area contributed by atoms with Gasteiger partial charge in [0.1, 0.15) is 16.8 Å². The first-order chi connectivity index (χ1) is 7.97. The number of rotatable bonds is 3. The fraction of sp³-hybridized carbons (Fsp3) is 0.0909. The van der Waals surface area contributed by atoms with Crippen LogP contribution in [-0.4, -0.2) is 5.78 Å². The first-order valence-electron chi connectivity index (χ1n) is 5.06. The van der Waals surface area contributed by atoms with Crippen molar-refractivity contribution in [3.63, 3.8) is 0 Å². The van der Waals surface area contributed by atoms with Gasteiger partial charge in [0.15, 0.2) is 2.82 Å². The molecule has 76 valence electrons. The molecule has 0 saturated heterocycles. The van der Waals surface area contributed by atoms with Crippen LogP contribution in [0.1, 0.15) is 15.9 Å². The number of nitriles is 1. The van der Waals surface area contributed by atoms with Crippen LogP contribution in [0.2, 0.25) is 2.82 Å². The van der Waals surface area contributed by atoms with E-state index in [2.05, 4.69) is 0 Å². The van der Waals surface area contributed by atoms with Crippen LogP contribution in [-0.2, 0) is 0 Å². The van der Waals surface area contributed by atoms with Gasteiger partial charge in [-0.1, -0.05) is 41.4 Å². The van der Waals surface area contributed by atoms with Crippen molar-refractivity contribution in [2.45, 2.75) is 6.92 Å². The van der Waals surface area contributed by atoms with Gasteiger partial charge in [-0.2, -0.15) is 5.26 Å². The molecule has 0 bridgehead atoms. The Bertz CT molecular complexity index is 503. The number of allylic oxidation sites excluding steroid dienone is 1. The summed E-state index contributed by atoms with van der Waals surface area (Å²) in [6.07, 6.45) is 0. The standard InChI is InChI=1S/C11H9ClN2O/c1-7-2-4-8(5-3-7)10(15)9(6-13)11(12)14/h2-5H,14H2,1H3/b11-9+/i/hD2. The minimum absolute atomic E-state index is 0.0339. The van der Waals surface area contributed by atoms with E-state index in [1.54, 1.807) is 30.3 Å². The summed E-state index contributed by atoms with van der Waals surface area (Å²) in [6.45, 7) is 1.87. The lowest BCUT2D eigenvalue weighted by molar-refractivity contribution is 0.103. The van der Waals surface area contributed by atoms with Crippen molar-refractivity contribution in [2.24, 2.45) is 5.72 Å². The van der Waals surface area contributed by atoms with E-state index in [1.165, 1.54) is 0 Å². The molecule has 0 heterocycles. The van der Waals surface area contributed by atoms with Crippen LogP contribution in [0, 0.1) is 18.3 Å². The molecule has 0 fully saturated rings. The van der Waals surface area contributed by atoms with Gasteiger partial charge in [-0.15, -0.1) is 0 Å². The van der Waals surface area contributed by atoms with E-state index in [0.29, 0.717) is 5.56 Å². The first kappa shape index (κ1) is 8.51. The molecule has 1 rings (SSSR count). The summed E-state index contributed by atoms with van der Waals surface area (Å²) in [7, 11) is 0. The second kappa shape index (κ2) is 4.63. The summed E-state index contributed by atoms with van der Waals surface area (Å²) < 4.78 is 13.8. The summed E-state index contributed by atoms with van der Waals surface area (Å²) in [5, 5.41) is 8.31. The lowest BCUT2D eigenvalue weighted by Gasteiger charge is -2.00. The highest BCUT2D eigenvalue weighted by Gasteiger charge is 2.14. The molecular weight excluding hydrogens is 212 g/mol.